The van der Waals surface area contributed by atoms with E-state index in [1.165, 1.54) is 56.0 Å². The summed E-state index contributed by atoms with van der Waals surface area (Å²) < 4.78 is 5.77. The zero-order chi connectivity index (χ0) is 13.3. The van der Waals surface area contributed by atoms with E-state index in [2.05, 4.69) is 36.1 Å². The first-order valence-corrected chi connectivity index (χ1v) is 8.61. The minimum Gasteiger partial charge on any atom is -0.494 e. The number of nitrogens with zero attached hydrogens (tertiary/aromatic N) is 1. The van der Waals surface area contributed by atoms with E-state index < -0.39 is 0 Å². The SMILES string of the molecule is CCCCCCOc1ccc(N2CCSCC2)cc1. The molecule has 2 nitrogen and oxygen atoms in total. The molecule has 0 unspecified atom stereocenters. The molecule has 1 aromatic rings. The zero-order valence-electron chi connectivity index (χ0n) is 11.9. The monoisotopic (exact) mass is 279 g/mol. The van der Waals surface area contributed by atoms with Crippen molar-refractivity contribution in [2.45, 2.75) is 32.6 Å². The average molecular weight is 279 g/mol. The van der Waals surface area contributed by atoms with Gasteiger partial charge in [0.05, 0.1) is 6.61 Å². The maximum Gasteiger partial charge on any atom is 0.119 e. The van der Waals surface area contributed by atoms with Gasteiger partial charge in [-0.25, -0.2) is 0 Å². The van der Waals surface area contributed by atoms with Crippen LogP contribution in [0, 0.1) is 0 Å². The van der Waals surface area contributed by atoms with Crippen molar-refractivity contribution in [2.24, 2.45) is 0 Å². The molecule has 1 heterocycles. The lowest BCUT2D eigenvalue weighted by molar-refractivity contribution is 0.305. The molecule has 0 radical (unpaired) electrons. The molecule has 1 aliphatic rings. The Kier molecular flexibility index (Phi) is 6.42. The van der Waals surface area contributed by atoms with Crippen LogP contribution in [0.25, 0.3) is 0 Å². The molecule has 1 aromatic carbocycles. The Bertz CT molecular complexity index is 346. The normalized spacial score (nSPS) is 15.5. The van der Waals surface area contributed by atoms with E-state index in [0.717, 1.165) is 12.4 Å². The van der Waals surface area contributed by atoms with Crippen molar-refractivity contribution in [3.05, 3.63) is 24.3 Å². The second-order valence-electron chi connectivity index (χ2n) is 5.00. The molecule has 0 saturated carbocycles. The van der Waals surface area contributed by atoms with Crippen LogP contribution in [0.15, 0.2) is 24.3 Å². The van der Waals surface area contributed by atoms with Crippen LogP contribution in [0.4, 0.5) is 5.69 Å². The molecule has 0 atom stereocenters. The maximum absolute atomic E-state index is 5.77. The van der Waals surface area contributed by atoms with E-state index >= 15 is 0 Å². The fraction of sp³-hybridized carbons (Fsp3) is 0.625. The fourth-order valence-corrected chi connectivity index (χ4v) is 3.20. The Morgan fingerprint density at radius 3 is 2.47 bits per heavy atom. The van der Waals surface area contributed by atoms with Crippen molar-refractivity contribution in [3.63, 3.8) is 0 Å². The quantitative estimate of drug-likeness (QED) is 0.694. The van der Waals surface area contributed by atoms with Crippen LogP contribution in [-0.2, 0) is 0 Å². The second kappa shape index (κ2) is 8.36. The van der Waals surface area contributed by atoms with E-state index in [-0.39, 0.29) is 0 Å². The van der Waals surface area contributed by atoms with Crippen LogP contribution >= 0.6 is 11.8 Å². The topological polar surface area (TPSA) is 12.5 Å². The molecule has 1 fully saturated rings. The lowest BCUT2D eigenvalue weighted by Crippen LogP contribution is -2.32. The van der Waals surface area contributed by atoms with Crippen LogP contribution in [0.2, 0.25) is 0 Å². The molecule has 0 aromatic heterocycles. The molecule has 106 valence electrons. The van der Waals surface area contributed by atoms with E-state index in [4.69, 9.17) is 4.74 Å². The fourth-order valence-electron chi connectivity index (χ4n) is 2.29. The van der Waals surface area contributed by atoms with Gasteiger partial charge in [-0.1, -0.05) is 26.2 Å². The van der Waals surface area contributed by atoms with Crippen LogP contribution in [0.3, 0.4) is 0 Å². The third-order valence-corrected chi connectivity index (χ3v) is 4.42. The average Bonchev–Trinajstić information content (AvgIpc) is 2.49. The van der Waals surface area contributed by atoms with Gasteiger partial charge in [0.2, 0.25) is 0 Å². The predicted octanol–water partition coefficient (Wildman–Crippen LogP) is 4.20. The highest BCUT2D eigenvalue weighted by Crippen LogP contribution is 2.22. The van der Waals surface area contributed by atoms with Gasteiger partial charge in [0, 0.05) is 30.3 Å². The van der Waals surface area contributed by atoms with E-state index in [1.807, 2.05) is 11.8 Å². The van der Waals surface area contributed by atoms with Gasteiger partial charge in [0.1, 0.15) is 5.75 Å². The van der Waals surface area contributed by atoms with Crippen LogP contribution < -0.4 is 9.64 Å². The van der Waals surface area contributed by atoms with Gasteiger partial charge in [-0.05, 0) is 30.7 Å². The number of thioether (sulfide) groups is 1. The van der Waals surface area contributed by atoms with Crippen molar-refractivity contribution in [1.29, 1.82) is 0 Å². The summed E-state index contributed by atoms with van der Waals surface area (Å²) in [6.45, 7) is 5.42. The summed E-state index contributed by atoms with van der Waals surface area (Å²) >= 11 is 2.05. The highest BCUT2D eigenvalue weighted by Gasteiger charge is 2.10. The summed E-state index contributed by atoms with van der Waals surface area (Å²) in [6.07, 6.45) is 5.04. The van der Waals surface area contributed by atoms with Gasteiger partial charge in [0.15, 0.2) is 0 Å². The first kappa shape index (κ1) is 14.6. The van der Waals surface area contributed by atoms with Crippen LogP contribution in [-0.4, -0.2) is 31.2 Å². The number of hydrogen-bond donors (Lipinski definition) is 0. The number of ether oxygens (including phenoxy) is 1. The number of rotatable bonds is 7. The van der Waals surface area contributed by atoms with Gasteiger partial charge in [-0.15, -0.1) is 0 Å². The number of unbranched alkanes of at least 4 members (excludes halogenated alkanes) is 3. The van der Waals surface area contributed by atoms with E-state index in [9.17, 15) is 0 Å². The third-order valence-electron chi connectivity index (χ3n) is 3.48. The summed E-state index contributed by atoms with van der Waals surface area (Å²) in [5, 5.41) is 0. The van der Waals surface area contributed by atoms with Gasteiger partial charge in [0.25, 0.3) is 0 Å². The highest BCUT2D eigenvalue weighted by atomic mass is 32.2. The molecular weight excluding hydrogens is 254 g/mol. The summed E-state index contributed by atoms with van der Waals surface area (Å²) in [7, 11) is 0. The summed E-state index contributed by atoms with van der Waals surface area (Å²) in [5.74, 6) is 3.50. The van der Waals surface area contributed by atoms with Gasteiger partial charge in [-0.3, -0.25) is 0 Å². The summed E-state index contributed by atoms with van der Waals surface area (Å²) in [6, 6.07) is 8.60. The Morgan fingerprint density at radius 2 is 1.79 bits per heavy atom. The summed E-state index contributed by atoms with van der Waals surface area (Å²) in [5.41, 5.74) is 1.33. The zero-order valence-corrected chi connectivity index (χ0v) is 12.8. The smallest absolute Gasteiger partial charge is 0.119 e. The Labute approximate surface area is 121 Å². The Balaban J connectivity index is 1.74. The van der Waals surface area contributed by atoms with Gasteiger partial charge < -0.3 is 9.64 Å². The van der Waals surface area contributed by atoms with Crippen molar-refractivity contribution < 1.29 is 4.74 Å². The molecule has 2 rings (SSSR count). The minimum absolute atomic E-state index is 0.847. The molecule has 0 N–H and O–H groups in total. The molecule has 0 amide bonds. The van der Waals surface area contributed by atoms with Crippen LogP contribution in [0.1, 0.15) is 32.6 Å². The van der Waals surface area contributed by atoms with Crippen LogP contribution in [0.5, 0.6) is 5.75 Å². The molecule has 19 heavy (non-hydrogen) atoms. The number of benzene rings is 1. The first-order chi connectivity index (χ1) is 9.40. The van der Waals surface area contributed by atoms with Gasteiger partial charge >= 0.3 is 0 Å². The minimum atomic E-state index is 0.847. The first-order valence-electron chi connectivity index (χ1n) is 7.45. The Morgan fingerprint density at radius 1 is 1.05 bits per heavy atom. The molecule has 1 aliphatic heterocycles. The molecule has 3 heteroatoms. The molecular formula is C16H25NOS. The van der Waals surface area contributed by atoms with Crippen molar-refractivity contribution in [2.75, 3.05) is 36.1 Å². The molecule has 1 saturated heterocycles. The van der Waals surface area contributed by atoms with E-state index in [0.29, 0.717) is 0 Å². The number of anilines is 1. The van der Waals surface area contributed by atoms with Gasteiger partial charge in [-0.2, -0.15) is 11.8 Å². The second-order valence-corrected chi connectivity index (χ2v) is 6.23. The molecule has 0 spiro atoms. The highest BCUT2D eigenvalue weighted by molar-refractivity contribution is 7.99. The molecule has 0 aliphatic carbocycles. The maximum atomic E-state index is 5.77. The summed E-state index contributed by atoms with van der Waals surface area (Å²) in [4.78, 5) is 2.46. The standard InChI is InChI=1S/C16H25NOS/c1-2-3-4-5-12-18-16-8-6-15(7-9-16)17-10-13-19-14-11-17/h6-9H,2-5,10-14H2,1H3. The third kappa shape index (κ3) is 4.98. The number of hydrogen-bond acceptors (Lipinski definition) is 3. The van der Waals surface area contributed by atoms with Crippen molar-refractivity contribution >= 4 is 17.4 Å². The largest absolute Gasteiger partial charge is 0.494 e. The van der Waals surface area contributed by atoms with E-state index in [1.54, 1.807) is 0 Å². The molecule has 0 bridgehead atoms. The predicted molar refractivity (Wildman–Crippen MR) is 85.6 cm³/mol. The Hall–Kier alpha value is -0.830. The lowest BCUT2D eigenvalue weighted by atomic mass is 10.2. The van der Waals surface area contributed by atoms with Crippen molar-refractivity contribution in [1.82, 2.24) is 0 Å². The lowest BCUT2D eigenvalue weighted by Gasteiger charge is -2.28. The van der Waals surface area contributed by atoms with Crippen molar-refractivity contribution in [3.8, 4) is 5.75 Å².